The van der Waals surface area contributed by atoms with Crippen LogP contribution in [0.15, 0.2) is 64.1 Å². The minimum Gasteiger partial charge on any atom is -0.455 e. The van der Waals surface area contributed by atoms with Gasteiger partial charge in [-0.25, -0.2) is 5.43 Å². The molecular formula is C28H30N4O3. The number of rotatable bonds is 4. The molecule has 0 unspecified atom stereocenters. The average Bonchev–Trinajstić information content (AvgIpc) is 3.25. The lowest BCUT2D eigenvalue weighted by atomic mass is 9.93. The predicted molar refractivity (Wildman–Crippen MR) is 136 cm³/mol. The van der Waals surface area contributed by atoms with Crippen LogP contribution in [0.25, 0.3) is 11.1 Å². The van der Waals surface area contributed by atoms with Crippen LogP contribution in [0.1, 0.15) is 50.6 Å². The number of likely N-dealkylation sites (N-methyl/N-ethyl adjacent to an activating group) is 1. The van der Waals surface area contributed by atoms with Crippen molar-refractivity contribution < 1.29 is 14.0 Å². The highest BCUT2D eigenvalue weighted by Crippen LogP contribution is 2.31. The standard InChI is InChI=1S/C28H30N4O3/c1-19-25-23(9-6-10-24(25)35-26(19)28(34)32-17-15-31(2)16-18-32)29-30-27(33)22-13-11-21(12-14-22)20-7-4-3-5-8-20/h3-5,7-8,11-14H,6,9-10,15-18H2,1-2H3,(H,30,33)/b29-23+. The Hall–Kier alpha value is -3.71. The summed E-state index contributed by atoms with van der Waals surface area (Å²) < 4.78 is 6.06. The van der Waals surface area contributed by atoms with Gasteiger partial charge in [-0.15, -0.1) is 0 Å². The quantitative estimate of drug-likeness (QED) is 0.582. The Bertz CT molecular complexity index is 1250. The molecule has 0 atom stereocenters. The summed E-state index contributed by atoms with van der Waals surface area (Å²) in [5.41, 5.74) is 7.85. The van der Waals surface area contributed by atoms with E-state index in [2.05, 4.69) is 22.5 Å². The molecule has 2 heterocycles. The maximum absolute atomic E-state index is 13.1. The largest absolute Gasteiger partial charge is 0.455 e. The smallest absolute Gasteiger partial charge is 0.289 e. The number of carbonyl (C=O) groups excluding carboxylic acids is 2. The van der Waals surface area contributed by atoms with Crippen molar-refractivity contribution in [2.24, 2.45) is 5.10 Å². The topological polar surface area (TPSA) is 78.2 Å². The van der Waals surface area contributed by atoms with Gasteiger partial charge in [-0.3, -0.25) is 9.59 Å². The molecule has 0 bridgehead atoms. The van der Waals surface area contributed by atoms with Gasteiger partial charge in [0.25, 0.3) is 11.8 Å². The Kier molecular flexibility index (Phi) is 6.51. The molecule has 7 heteroatoms. The second-order valence-corrected chi connectivity index (χ2v) is 9.25. The molecule has 7 nitrogen and oxygen atoms in total. The van der Waals surface area contributed by atoms with Crippen LogP contribution in [-0.2, 0) is 6.42 Å². The van der Waals surface area contributed by atoms with Crippen molar-refractivity contribution in [1.29, 1.82) is 0 Å². The van der Waals surface area contributed by atoms with Gasteiger partial charge in [0.05, 0.1) is 5.71 Å². The number of hydrogen-bond donors (Lipinski definition) is 1. The van der Waals surface area contributed by atoms with Gasteiger partial charge in [0, 0.05) is 49.3 Å². The summed E-state index contributed by atoms with van der Waals surface area (Å²) in [5, 5.41) is 4.46. The Morgan fingerprint density at radius 3 is 2.31 bits per heavy atom. The number of hydrogen-bond acceptors (Lipinski definition) is 5. The lowest BCUT2D eigenvalue weighted by Crippen LogP contribution is -2.47. The van der Waals surface area contributed by atoms with E-state index in [1.807, 2.05) is 54.3 Å². The maximum Gasteiger partial charge on any atom is 0.289 e. The Morgan fingerprint density at radius 2 is 1.60 bits per heavy atom. The Balaban J connectivity index is 1.32. The van der Waals surface area contributed by atoms with Crippen molar-refractivity contribution in [1.82, 2.24) is 15.2 Å². The van der Waals surface area contributed by atoms with Crippen LogP contribution in [0.5, 0.6) is 0 Å². The first-order chi connectivity index (χ1) is 17.0. The Labute approximate surface area is 205 Å². The molecule has 1 fully saturated rings. The molecule has 1 aromatic heterocycles. The van der Waals surface area contributed by atoms with Crippen LogP contribution < -0.4 is 5.43 Å². The second kappa shape index (κ2) is 9.88. The number of carbonyl (C=O) groups is 2. The van der Waals surface area contributed by atoms with Gasteiger partial charge in [0.1, 0.15) is 5.76 Å². The van der Waals surface area contributed by atoms with E-state index in [9.17, 15) is 9.59 Å². The molecular weight excluding hydrogens is 440 g/mol. The monoisotopic (exact) mass is 470 g/mol. The molecule has 2 aromatic carbocycles. The van der Waals surface area contributed by atoms with E-state index < -0.39 is 0 Å². The first kappa shape index (κ1) is 23.1. The van der Waals surface area contributed by atoms with Crippen molar-refractivity contribution in [3.63, 3.8) is 0 Å². The highest BCUT2D eigenvalue weighted by atomic mass is 16.4. The number of fused-ring (bicyclic) bond motifs is 1. The fourth-order valence-electron chi connectivity index (χ4n) is 4.76. The number of amides is 2. The summed E-state index contributed by atoms with van der Waals surface area (Å²) in [6, 6.07) is 17.5. The van der Waals surface area contributed by atoms with Gasteiger partial charge in [-0.2, -0.15) is 5.10 Å². The third kappa shape index (κ3) is 4.77. The number of piperazine rings is 1. The highest BCUT2D eigenvalue weighted by Gasteiger charge is 2.31. The molecule has 35 heavy (non-hydrogen) atoms. The van der Waals surface area contributed by atoms with Crippen LogP contribution in [0.2, 0.25) is 0 Å². The van der Waals surface area contributed by atoms with Gasteiger partial charge in [0.2, 0.25) is 0 Å². The summed E-state index contributed by atoms with van der Waals surface area (Å²) in [6.07, 6.45) is 2.35. The van der Waals surface area contributed by atoms with Crippen LogP contribution in [0.3, 0.4) is 0 Å². The molecule has 0 spiro atoms. The van der Waals surface area contributed by atoms with E-state index in [1.54, 1.807) is 12.1 Å². The van der Waals surface area contributed by atoms with Crippen LogP contribution >= 0.6 is 0 Å². The lowest BCUT2D eigenvalue weighted by Gasteiger charge is -2.31. The number of aryl methyl sites for hydroxylation is 1. The maximum atomic E-state index is 13.1. The van der Waals surface area contributed by atoms with E-state index >= 15 is 0 Å². The number of nitrogens with one attached hydrogen (secondary N) is 1. The van der Waals surface area contributed by atoms with Crippen LogP contribution in [-0.4, -0.2) is 60.6 Å². The van der Waals surface area contributed by atoms with E-state index in [4.69, 9.17) is 4.42 Å². The van der Waals surface area contributed by atoms with Crippen molar-refractivity contribution in [3.8, 4) is 11.1 Å². The molecule has 1 saturated heterocycles. The minimum absolute atomic E-state index is 0.0631. The molecule has 1 aliphatic heterocycles. The van der Waals surface area contributed by atoms with Gasteiger partial charge in [-0.05, 0) is 50.1 Å². The van der Waals surface area contributed by atoms with Gasteiger partial charge in [0.15, 0.2) is 5.76 Å². The third-order valence-electron chi connectivity index (χ3n) is 6.86. The normalized spacial score (nSPS) is 17.3. The summed E-state index contributed by atoms with van der Waals surface area (Å²) >= 11 is 0. The van der Waals surface area contributed by atoms with Crippen molar-refractivity contribution in [3.05, 3.63) is 82.8 Å². The van der Waals surface area contributed by atoms with E-state index in [0.717, 1.165) is 66.1 Å². The molecule has 5 rings (SSSR count). The molecule has 0 saturated carbocycles. The molecule has 180 valence electrons. The fraction of sp³-hybridized carbons (Fsp3) is 0.321. The van der Waals surface area contributed by atoms with Crippen molar-refractivity contribution in [2.45, 2.75) is 26.2 Å². The number of furan rings is 1. The second-order valence-electron chi connectivity index (χ2n) is 9.25. The number of benzene rings is 2. The summed E-state index contributed by atoms with van der Waals surface area (Å²) in [7, 11) is 2.06. The molecule has 2 amide bonds. The van der Waals surface area contributed by atoms with E-state index in [0.29, 0.717) is 24.4 Å². The number of nitrogens with zero attached hydrogens (tertiary/aromatic N) is 3. The lowest BCUT2D eigenvalue weighted by molar-refractivity contribution is 0.0629. The van der Waals surface area contributed by atoms with Gasteiger partial charge >= 0.3 is 0 Å². The summed E-state index contributed by atoms with van der Waals surface area (Å²) in [4.78, 5) is 30.0. The predicted octanol–water partition coefficient (Wildman–Crippen LogP) is 4.11. The van der Waals surface area contributed by atoms with Crippen molar-refractivity contribution >= 4 is 17.5 Å². The zero-order valence-corrected chi connectivity index (χ0v) is 20.2. The van der Waals surface area contributed by atoms with Gasteiger partial charge < -0.3 is 14.2 Å². The molecule has 0 radical (unpaired) electrons. The molecule has 1 N–H and O–H groups in total. The third-order valence-corrected chi connectivity index (χ3v) is 6.86. The highest BCUT2D eigenvalue weighted by molar-refractivity contribution is 6.07. The summed E-state index contributed by atoms with van der Waals surface area (Å²) in [5.74, 6) is 0.856. The zero-order chi connectivity index (χ0) is 24.4. The van der Waals surface area contributed by atoms with Gasteiger partial charge in [-0.1, -0.05) is 42.5 Å². The molecule has 1 aliphatic carbocycles. The van der Waals surface area contributed by atoms with Crippen LogP contribution in [0.4, 0.5) is 0 Å². The SMILES string of the molecule is Cc1c(C(=O)N2CCN(C)CC2)oc2c1/C(=N/NC(=O)c1ccc(-c3ccccc3)cc1)CCC2. The van der Waals surface area contributed by atoms with E-state index in [1.165, 1.54) is 0 Å². The zero-order valence-electron chi connectivity index (χ0n) is 20.2. The number of hydrazone groups is 1. The molecule has 2 aliphatic rings. The Morgan fingerprint density at radius 1 is 0.914 bits per heavy atom. The average molecular weight is 471 g/mol. The molecule has 3 aromatic rings. The fourth-order valence-corrected chi connectivity index (χ4v) is 4.76. The first-order valence-corrected chi connectivity index (χ1v) is 12.1. The van der Waals surface area contributed by atoms with E-state index in [-0.39, 0.29) is 11.8 Å². The van der Waals surface area contributed by atoms with Crippen molar-refractivity contribution in [2.75, 3.05) is 33.2 Å². The van der Waals surface area contributed by atoms with Crippen LogP contribution in [0, 0.1) is 6.92 Å². The first-order valence-electron chi connectivity index (χ1n) is 12.1. The summed E-state index contributed by atoms with van der Waals surface area (Å²) in [6.45, 7) is 5.02. The minimum atomic E-state index is -0.265.